The second kappa shape index (κ2) is 15.0. The van der Waals surface area contributed by atoms with Crippen LogP contribution in [-0.2, 0) is 14.3 Å². The number of amides is 2. The van der Waals surface area contributed by atoms with E-state index in [4.69, 9.17) is 4.74 Å². The zero-order chi connectivity index (χ0) is 15.1. The highest BCUT2D eigenvalue weighted by Gasteiger charge is 2.09. The van der Waals surface area contributed by atoms with Gasteiger partial charge in [0.1, 0.15) is 0 Å². The van der Waals surface area contributed by atoms with Crippen LogP contribution < -0.4 is 5.32 Å². The highest BCUT2D eigenvalue weighted by Crippen LogP contribution is 1.95. The lowest BCUT2D eigenvalue weighted by atomic mass is 10.2. The van der Waals surface area contributed by atoms with Crippen LogP contribution in [0.2, 0.25) is 0 Å². The Hall–Kier alpha value is -1.10. The van der Waals surface area contributed by atoms with Crippen molar-refractivity contribution >= 4 is 11.8 Å². The van der Waals surface area contributed by atoms with Gasteiger partial charge in [0.15, 0.2) is 0 Å². The van der Waals surface area contributed by atoms with Crippen LogP contribution >= 0.6 is 0 Å². The van der Waals surface area contributed by atoms with Crippen LogP contribution in [0.25, 0.3) is 0 Å². The van der Waals surface area contributed by atoms with E-state index in [1.807, 2.05) is 27.7 Å². The van der Waals surface area contributed by atoms with E-state index in [2.05, 4.69) is 5.32 Å². The Bertz CT molecular complexity index is 238. The Morgan fingerprint density at radius 2 is 1.79 bits per heavy atom. The van der Waals surface area contributed by atoms with Crippen molar-refractivity contribution in [2.75, 3.05) is 33.4 Å². The SMILES string of the molecule is CC.CCCOCCNC(=O)CCC(=O)N(C)CC.[HH]. The Morgan fingerprint density at radius 3 is 2.32 bits per heavy atom. The second-order valence-corrected chi connectivity index (χ2v) is 3.87. The van der Waals surface area contributed by atoms with Crippen molar-refractivity contribution in [2.24, 2.45) is 0 Å². The highest BCUT2D eigenvalue weighted by atomic mass is 16.5. The topological polar surface area (TPSA) is 58.6 Å². The van der Waals surface area contributed by atoms with Gasteiger partial charge in [0.25, 0.3) is 0 Å². The largest absolute Gasteiger partial charge is 0.380 e. The standard InChI is InChI=1S/C12H24N2O3.C2H6.H2/c1-4-9-17-10-8-13-11(15)6-7-12(16)14(3)5-2;1-2;/h4-10H2,1-3H3,(H,13,15);1-2H3;1H. The molecule has 0 atom stereocenters. The molecule has 0 saturated carbocycles. The summed E-state index contributed by atoms with van der Waals surface area (Å²) in [6.07, 6.45) is 1.49. The smallest absolute Gasteiger partial charge is 0.222 e. The molecule has 0 unspecified atom stereocenters. The van der Waals surface area contributed by atoms with Crippen LogP contribution in [0.1, 0.15) is 48.4 Å². The maximum Gasteiger partial charge on any atom is 0.222 e. The summed E-state index contributed by atoms with van der Waals surface area (Å²) >= 11 is 0. The molecule has 5 nitrogen and oxygen atoms in total. The molecule has 0 rings (SSSR count). The first-order valence-corrected chi connectivity index (χ1v) is 7.20. The summed E-state index contributed by atoms with van der Waals surface area (Å²) in [5, 5.41) is 2.72. The zero-order valence-electron chi connectivity index (χ0n) is 13.1. The van der Waals surface area contributed by atoms with E-state index in [9.17, 15) is 9.59 Å². The van der Waals surface area contributed by atoms with Gasteiger partial charge in [0.05, 0.1) is 6.61 Å². The zero-order valence-corrected chi connectivity index (χ0v) is 13.1. The van der Waals surface area contributed by atoms with Crippen molar-refractivity contribution in [3.05, 3.63) is 0 Å². The minimum absolute atomic E-state index is 0. The fraction of sp³-hybridized carbons (Fsp3) is 0.857. The number of ether oxygens (including phenoxy) is 1. The van der Waals surface area contributed by atoms with E-state index < -0.39 is 0 Å². The molecule has 0 spiro atoms. The predicted octanol–water partition coefficient (Wildman–Crippen LogP) is 2.06. The summed E-state index contributed by atoms with van der Waals surface area (Å²) in [7, 11) is 1.73. The molecule has 0 radical (unpaired) electrons. The van der Waals surface area contributed by atoms with Gasteiger partial charge in [-0.15, -0.1) is 0 Å². The first-order chi connectivity index (χ1) is 9.11. The van der Waals surface area contributed by atoms with Gasteiger partial charge in [0.2, 0.25) is 11.8 Å². The molecular weight excluding hydrogens is 244 g/mol. The Labute approximate surface area is 119 Å². The van der Waals surface area contributed by atoms with Gasteiger partial charge in [-0.2, -0.15) is 0 Å². The van der Waals surface area contributed by atoms with Crippen LogP contribution in [0.15, 0.2) is 0 Å². The normalized spacial score (nSPS) is 9.32. The lowest BCUT2D eigenvalue weighted by Crippen LogP contribution is -2.30. The molecule has 19 heavy (non-hydrogen) atoms. The van der Waals surface area contributed by atoms with Crippen LogP contribution in [0.4, 0.5) is 0 Å². The summed E-state index contributed by atoms with van der Waals surface area (Å²) in [5.41, 5.74) is 0. The van der Waals surface area contributed by atoms with Crippen LogP contribution in [0.5, 0.6) is 0 Å². The molecule has 0 aromatic carbocycles. The minimum atomic E-state index is -0.0945. The number of hydrogen-bond acceptors (Lipinski definition) is 3. The predicted molar refractivity (Wildman–Crippen MR) is 80.1 cm³/mol. The average Bonchev–Trinajstić information content (AvgIpc) is 2.45. The highest BCUT2D eigenvalue weighted by molar-refractivity contribution is 5.83. The molecular formula is C14H32N2O3. The number of nitrogens with one attached hydrogen (secondary N) is 1. The lowest BCUT2D eigenvalue weighted by Gasteiger charge is -2.13. The molecule has 0 saturated heterocycles. The average molecular weight is 276 g/mol. The maximum absolute atomic E-state index is 11.4. The molecule has 0 aliphatic carbocycles. The minimum Gasteiger partial charge on any atom is -0.380 e. The van der Waals surface area contributed by atoms with Crippen molar-refractivity contribution in [3.8, 4) is 0 Å². The van der Waals surface area contributed by atoms with Crippen molar-refractivity contribution in [3.63, 3.8) is 0 Å². The van der Waals surface area contributed by atoms with E-state index in [0.717, 1.165) is 13.0 Å². The van der Waals surface area contributed by atoms with Gasteiger partial charge in [-0.25, -0.2) is 0 Å². The van der Waals surface area contributed by atoms with Crippen LogP contribution in [0.3, 0.4) is 0 Å². The Kier molecular flexibility index (Phi) is 15.9. The molecule has 1 N–H and O–H groups in total. The van der Waals surface area contributed by atoms with Crippen LogP contribution in [0, 0.1) is 0 Å². The van der Waals surface area contributed by atoms with E-state index in [0.29, 0.717) is 19.7 Å². The Morgan fingerprint density at radius 1 is 1.16 bits per heavy atom. The fourth-order valence-corrected chi connectivity index (χ4v) is 1.19. The quantitative estimate of drug-likeness (QED) is 0.656. The maximum atomic E-state index is 11.4. The number of rotatable bonds is 9. The molecule has 0 aromatic heterocycles. The van der Waals surface area contributed by atoms with Crippen molar-refractivity contribution in [1.29, 1.82) is 0 Å². The molecule has 0 aliphatic rings. The third-order valence-corrected chi connectivity index (χ3v) is 2.38. The fourth-order valence-electron chi connectivity index (χ4n) is 1.19. The van der Waals surface area contributed by atoms with E-state index in [-0.39, 0.29) is 26.1 Å². The molecule has 0 fully saturated rings. The lowest BCUT2D eigenvalue weighted by molar-refractivity contribution is -0.132. The molecule has 5 heteroatoms. The second-order valence-electron chi connectivity index (χ2n) is 3.87. The van der Waals surface area contributed by atoms with Crippen molar-refractivity contribution < 1.29 is 15.8 Å². The summed E-state index contributed by atoms with van der Waals surface area (Å²) < 4.78 is 5.22. The van der Waals surface area contributed by atoms with E-state index in [1.165, 1.54) is 0 Å². The number of nitrogens with zero attached hydrogens (tertiary/aromatic N) is 1. The molecule has 0 aromatic rings. The molecule has 0 bridgehead atoms. The molecule has 2 amide bonds. The third-order valence-electron chi connectivity index (χ3n) is 2.38. The number of hydrogen-bond donors (Lipinski definition) is 1. The van der Waals surface area contributed by atoms with Gasteiger partial charge >= 0.3 is 0 Å². The van der Waals surface area contributed by atoms with Crippen LogP contribution in [-0.4, -0.2) is 50.1 Å². The summed E-state index contributed by atoms with van der Waals surface area (Å²) in [6.45, 7) is 10.4. The number of carbonyl (C=O) groups is 2. The van der Waals surface area contributed by atoms with Gasteiger partial charge in [-0.05, 0) is 13.3 Å². The van der Waals surface area contributed by atoms with Gasteiger partial charge in [-0.3, -0.25) is 9.59 Å². The number of carbonyl (C=O) groups excluding carboxylic acids is 2. The molecule has 116 valence electrons. The van der Waals surface area contributed by atoms with Crippen molar-refractivity contribution in [1.82, 2.24) is 10.2 Å². The first-order valence-electron chi connectivity index (χ1n) is 7.20. The molecule has 0 heterocycles. The van der Waals surface area contributed by atoms with Gasteiger partial charge in [-0.1, -0.05) is 20.8 Å². The van der Waals surface area contributed by atoms with Gasteiger partial charge < -0.3 is 15.0 Å². The summed E-state index contributed by atoms with van der Waals surface area (Å²) in [6, 6.07) is 0. The van der Waals surface area contributed by atoms with E-state index in [1.54, 1.807) is 11.9 Å². The van der Waals surface area contributed by atoms with Gasteiger partial charge in [0, 0.05) is 41.0 Å². The summed E-state index contributed by atoms with van der Waals surface area (Å²) in [4.78, 5) is 24.4. The summed E-state index contributed by atoms with van der Waals surface area (Å²) in [5.74, 6) is -0.0900. The van der Waals surface area contributed by atoms with E-state index >= 15 is 0 Å². The monoisotopic (exact) mass is 276 g/mol. The first kappa shape index (κ1) is 20.2. The molecule has 0 aliphatic heterocycles. The Balaban J connectivity index is -0.000000916. The van der Waals surface area contributed by atoms with Crippen molar-refractivity contribution in [2.45, 2.75) is 47.0 Å². The third kappa shape index (κ3) is 13.1.